The second-order valence-corrected chi connectivity index (χ2v) is 7.01. The van der Waals surface area contributed by atoms with E-state index < -0.39 is 0 Å². The lowest BCUT2D eigenvalue weighted by atomic mass is 10.0. The van der Waals surface area contributed by atoms with Crippen molar-refractivity contribution >= 4 is 38.9 Å². The van der Waals surface area contributed by atoms with Gasteiger partial charge in [0.1, 0.15) is 0 Å². The van der Waals surface area contributed by atoms with E-state index in [9.17, 15) is 0 Å². The number of aryl methyl sites for hydroxylation is 1. The molecule has 0 bridgehead atoms. The Hall–Kier alpha value is -0.350. The number of benzene rings is 1. The second-order valence-electron chi connectivity index (χ2n) is 4.43. The summed E-state index contributed by atoms with van der Waals surface area (Å²) >= 11 is 11.7. The van der Waals surface area contributed by atoms with Gasteiger partial charge in [0.25, 0.3) is 0 Å². The minimum Gasteiger partial charge on any atom is -0.313 e. The van der Waals surface area contributed by atoms with Gasteiger partial charge in [-0.25, -0.2) is 0 Å². The molecule has 0 saturated carbocycles. The lowest BCUT2D eigenvalue weighted by Crippen LogP contribution is -2.18. The number of hydrogen-bond acceptors (Lipinski definition) is 2. The third-order valence-corrected chi connectivity index (χ3v) is 5.24. The molecule has 4 heteroatoms. The van der Waals surface area contributed by atoms with E-state index in [1.54, 1.807) is 0 Å². The Kier molecular flexibility index (Phi) is 5.46. The van der Waals surface area contributed by atoms with Gasteiger partial charge in [-0.05, 0) is 49.4 Å². The zero-order valence-electron chi connectivity index (χ0n) is 11.0. The van der Waals surface area contributed by atoms with E-state index in [0.717, 1.165) is 27.9 Å². The summed E-state index contributed by atoms with van der Waals surface area (Å²) in [6.45, 7) is 2.19. The number of thiophene rings is 1. The van der Waals surface area contributed by atoms with Gasteiger partial charge in [0.2, 0.25) is 0 Å². The zero-order chi connectivity index (χ0) is 13.8. The fraction of sp³-hybridized carbons (Fsp3) is 0.333. The molecule has 2 aromatic rings. The van der Waals surface area contributed by atoms with Crippen LogP contribution in [0.3, 0.4) is 0 Å². The lowest BCUT2D eigenvalue weighted by molar-refractivity contribution is 0.596. The van der Waals surface area contributed by atoms with E-state index in [0.29, 0.717) is 0 Å². The highest BCUT2D eigenvalue weighted by atomic mass is 79.9. The summed E-state index contributed by atoms with van der Waals surface area (Å²) in [7, 11) is 1.98. The van der Waals surface area contributed by atoms with Crippen molar-refractivity contribution in [3.63, 3.8) is 0 Å². The highest BCUT2D eigenvalue weighted by Gasteiger charge is 2.15. The normalized spacial score (nSPS) is 12.6. The first-order valence-corrected chi connectivity index (χ1v) is 8.32. The maximum Gasteiger partial charge on any atom is 0.0454 e. The van der Waals surface area contributed by atoms with Gasteiger partial charge in [0, 0.05) is 31.7 Å². The molecule has 19 heavy (non-hydrogen) atoms. The van der Waals surface area contributed by atoms with E-state index in [-0.39, 0.29) is 6.04 Å². The molecule has 1 heterocycles. The largest absolute Gasteiger partial charge is 0.313 e. The fourth-order valence-corrected chi connectivity index (χ4v) is 3.70. The van der Waals surface area contributed by atoms with Gasteiger partial charge in [0.15, 0.2) is 0 Å². The van der Waals surface area contributed by atoms with Crippen molar-refractivity contribution in [2.45, 2.75) is 25.8 Å². The highest BCUT2D eigenvalue weighted by molar-refractivity contribution is 9.10. The van der Waals surface area contributed by atoms with Crippen molar-refractivity contribution in [2.75, 3.05) is 7.05 Å². The van der Waals surface area contributed by atoms with Gasteiger partial charge in [-0.2, -0.15) is 0 Å². The molecule has 0 radical (unpaired) electrons. The standard InChI is InChI=1S/C15H17BrClNS/c1-3-11-5-6-12(19-11)9-15(18-2)13-8-10(16)4-7-14(13)17/h4-8,15,18H,3,9H2,1-2H3. The number of hydrogen-bond donors (Lipinski definition) is 1. The molecular weight excluding hydrogens is 342 g/mol. The van der Waals surface area contributed by atoms with Crippen molar-refractivity contribution in [2.24, 2.45) is 0 Å². The smallest absolute Gasteiger partial charge is 0.0454 e. The third kappa shape index (κ3) is 3.82. The molecule has 0 amide bonds. The minimum atomic E-state index is 0.244. The summed E-state index contributed by atoms with van der Waals surface area (Å²) in [6, 6.07) is 10.7. The summed E-state index contributed by atoms with van der Waals surface area (Å²) in [5.41, 5.74) is 1.14. The highest BCUT2D eigenvalue weighted by Crippen LogP contribution is 2.30. The Balaban J connectivity index is 2.22. The topological polar surface area (TPSA) is 12.0 Å². The zero-order valence-corrected chi connectivity index (χ0v) is 14.2. The number of likely N-dealkylation sites (N-methyl/N-ethyl adjacent to an activating group) is 1. The monoisotopic (exact) mass is 357 g/mol. The molecular formula is C15H17BrClNS. The molecule has 0 aliphatic heterocycles. The summed E-state index contributed by atoms with van der Waals surface area (Å²) in [5.74, 6) is 0. The van der Waals surface area contributed by atoms with Gasteiger partial charge in [0.05, 0.1) is 0 Å². The summed E-state index contributed by atoms with van der Waals surface area (Å²) in [4.78, 5) is 2.83. The molecule has 1 N–H and O–H groups in total. The van der Waals surface area contributed by atoms with Gasteiger partial charge in [-0.15, -0.1) is 11.3 Å². The third-order valence-electron chi connectivity index (χ3n) is 3.15. The van der Waals surface area contributed by atoms with E-state index in [1.165, 1.54) is 9.75 Å². The Morgan fingerprint density at radius 1 is 1.26 bits per heavy atom. The Morgan fingerprint density at radius 2 is 2.00 bits per heavy atom. The molecule has 0 spiro atoms. The van der Waals surface area contributed by atoms with E-state index in [4.69, 9.17) is 11.6 Å². The molecule has 1 atom stereocenters. The molecule has 1 aromatic heterocycles. The minimum absolute atomic E-state index is 0.244. The first kappa shape index (κ1) is 15.0. The van der Waals surface area contributed by atoms with E-state index >= 15 is 0 Å². The molecule has 102 valence electrons. The number of nitrogens with one attached hydrogen (secondary N) is 1. The summed E-state index contributed by atoms with van der Waals surface area (Å²) in [5, 5.41) is 4.18. The van der Waals surface area contributed by atoms with Crippen LogP contribution in [0.5, 0.6) is 0 Å². The maximum atomic E-state index is 6.31. The lowest BCUT2D eigenvalue weighted by Gasteiger charge is -2.17. The van der Waals surface area contributed by atoms with Crippen molar-refractivity contribution in [1.29, 1.82) is 0 Å². The Morgan fingerprint density at radius 3 is 2.63 bits per heavy atom. The van der Waals surface area contributed by atoms with Crippen LogP contribution in [0.2, 0.25) is 5.02 Å². The second kappa shape index (κ2) is 6.89. The molecule has 0 saturated heterocycles. The Labute approximate surface area is 132 Å². The summed E-state index contributed by atoms with van der Waals surface area (Å²) < 4.78 is 1.06. The van der Waals surface area contributed by atoms with Gasteiger partial charge in [-0.1, -0.05) is 34.5 Å². The average molecular weight is 359 g/mol. The predicted octanol–water partition coefficient (Wildman–Crippen LogP) is 5.23. The predicted molar refractivity (Wildman–Crippen MR) is 88.4 cm³/mol. The van der Waals surface area contributed by atoms with Crippen LogP contribution in [0, 0.1) is 0 Å². The summed E-state index contributed by atoms with van der Waals surface area (Å²) in [6.07, 6.45) is 2.07. The SMILES string of the molecule is CCc1ccc(CC(NC)c2cc(Br)ccc2Cl)s1. The number of rotatable bonds is 5. The molecule has 1 nitrogen and oxygen atoms in total. The molecule has 2 rings (SSSR count). The first-order chi connectivity index (χ1) is 9.13. The number of halogens is 2. The van der Waals surface area contributed by atoms with Crippen LogP contribution in [0.15, 0.2) is 34.8 Å². The van der Waals surface area contributed by atoms with Crippen LogP contribution >= 0.6 is 38.9 Å². The van der Waals surface area contributed by atoms with Crippen LogP contribution in [0.4, 0.5) is 0 Å². The van der Waals surface area contributed by atoms with Crippen molar-refractivity contribution in [1.82, 2.24) is 5.32 Å². The van der Waals surface area contributed by atoms with Crippen LogP contribution < -0.4 is 5.32 Å². The first-order valence-electron chi connectivity index (χ1n) is 6.33. The van der Waals surface area contributed by atoms with E-state index in [1.807, 2.05) is 30.5 Å². The van der Waals surface area contributed by atoms with Gasteiger partial charge < -0.3 is 5.32 Å². The van der Waals surface area contributed by atoms with Crippen molar-refractivity contribution < 1.29 is 0 Å². The fourth-order valence-electron chi connectivity index (χ4n) is 2.07. The molecule has 0 aliphatic rings. The van der Waals surface area contributed by atoms with Crippen LogP contribution in [-0.4, -0.2) is 7.05 Å². The van der Waals surface area contributed by atoms with Gasteiger partial charge in [-0.3, -0.25) is 0 Å². The average Bonchev–Trinajstić information content (AvgIpc) is 2.87. The van der Waals surface area contributed by atoms with Gasteiger partial charge >= 0.3 is 0 Å². The quantitative estimate of drug-likeness (QED) is 0.771. The van der Waals surface area contributed by atoms with Crippen LogP contribution in [0.1, 0.15) is 28.3 Å². The van der Waals surface area contributed by atoms with Crippen LogP contribution in [-0.2, 0) is 12.8 Å². The van der Waals surface area contributed by atoms with Crippen LogP contribution in [0.25, 0.3) is 0 Å². The Bertz CT molecular complexity index is 553. The van der Waals surface area contributed by atoms with E-state index in [2.05, 4.69) is 46.4 Å². The maximum absolute atomic E-state index is 6.31. The molecule has 1 aromatic carbocycles. The van der Waals surface area contributed by atoms with Crippen molar-refractivity contribution in [3.05, 3.63) is 55.1 Å². The molecule has 0 fully saturated rings. The van der Waals surface area contributed by atoms with Crippen molar-refractivity contribution in [3.8, 4) is 0 Å². The molecule has 1 unspecified atom stereocenters. The molecule has 0 aliphatic carbocycles.